The number of carbonyl (C=O) groups excluding carboxylic acids is 3. The van der Waals surface area contributed by atoms with E-state index in [2.05, 4.69) is 5.32 Å². The number of nitrogens with two attached hydrogens (primary N) is 1. The zero-order chi connectivity index (χ0) is 15.2. The van der Waals surface area contributed by atoms with Gasteiger partial charge in [0, 0.05) is 38.0 Å². The number of amides is 3. The van der Waals surface area contributed by atoms with Crippen LogP contribution in [0.1, 0.15) is 24.8 Å². The minimum Gasteiger partial charge on any atom is -0.399 e. The number of carbonyl (C=O) groups is 3. The summed E-state index contributed by atoms with van der Waals surface area (Å²) in [5.74, 6) is -0.526. The van der Waals surface area contributed by atoms with Gasteiger partial charge >= 0.3 is 0 Å². The Balaban J connectivity index is 1.67. The summed E-state index contributed by atoms with van der Waals surface area (Å²) < 4.78 is 0. The standard InChI is InChI=1S/C15H19N3O3/c16-12-3-1-11(2-4-12)7-9-17-13(19)8-10-18-14(20)5-6-15(18)21/h1-4H,5-10,16H2,(H,17,19). The molecule has 112 valence electrons. The predicted molar refractivity (Wildman–Crippen MR) is 78.1 cm³/mol. The highest BCUT2D eigenvalue weighted by Crippen LogP contribution is 2.11. The lowest BCUT2D eigenvalue weighted by Gasteiger charge is -2.13. The van der Waals surface area contributed by atoms with E-state index in [4.69, 9.17) is 5.73 Å². The lowest BCUT2D eigenvalue weighted by molar-refractivity contribution is -0.138. The normalized spacial score (nSPS) is 14.6. The minimum absolute atomic E-state index is 0.152. The van der Waals surface area contributed by atoms with E-state index in [9.17, 15) is 14.4 Å². The molecule has 0 radical (unpaired) electrons. The van der Waals surface area contributed by atoms with Crippen LogP contribution in [0.2, 0.25) is 0 Å². The molecule has 21 heavy (non-hydrogen) atoms. The molecule has 2 rings (SSSR count). The number of anilines is 1. The lowest BCUT2D eigenvalue weighted by Crippen LogP contribution is -2.34. The van der Waals surface area contributed by atoms with Crippen molar-refractivity contribution in [1.82, 2.24) is 10.2 Å². The maximum absolute atomic E-state index is 11.7. The van der Waals surface area contributed by atoms with Crippen LogP contribution in [0.25, 0.3) is 0 Å². The molecule has 6 nitrogen and oxygen atoms in total. The van der Waals surface area contributed by atoms with Crippen molar-refractivity contribution in [2.45, 2.75) is 25.7 Å². The molecule has 0 atom stereocenters. The molecule has 3 amide bonds. The number of nitrogen functional groups attached to an aromatic ring is 1. The first-order valence-electron chi connectivity index (χ1n) is 7.00. The smallest absolute Gasteiger partial charge is 0.229 e. The van der Waals surface area contributed by atoms with Crippen molar-refractivity contribution in [3.05, 3.63) is 29.8 Å². The van der Waals surface area contributed by atoms with E-state index >= 15 is 0 Å². The van der Waals surface area contributed by atoms with Crippen LogP contribution in [0.3, 0.4) is 0 Å². The fourth-order valence-corrected chi connectivity index (χ4v) is 2.20. The topological polar surface area (TPSA) is 92.5 Å². The van der Waals surface area contributed by atoms with E-state index in [0.29, 0.717) is 18.7 Å². The largest absolute Gasteiger partial charge is 0.399 e. The Labute approximate surface area is 123 Å². The van der Waals surface area contributed by atoms with Crippen molar-refractivity contribution in [3.8, 4) is 0 Å². The molecule has 1 aromatic rings. The van der Waals surface area contributed by atoms with Crippen LogP contribution in [-0.4, -0.2) is 35.7 Å². The van der Waals surface area contributed by atoms with Gasteiger partial charge in [0.25, 0.3) is 0 Å². The van der Waals surface area contributed by atoms with Crippen LogP contribution in [0.4, 0.5) is 5.69 Å². The van der Waals surface area contributed by atoms with Crippen molar-refractivity contribution in [2.24, 2.45) is 0 Å². The van der Waals surface area contributed by atoms with Crippen molar-refractivity contribution in [2.75, 3.05) is 18.8 Å². The van der Waals surface area contributed by atoms with Crippen molar-refractivity contribution in [1.29, 1.82) is 0 Å². The first kappa shape index (κ1) is 15.0. The van der Waals surface area contributed by atoms with Gasteiger partial charge in [-0.1, -0.05) is 12.1 Å². The molecule has 0 spiro atoms. The second-order valence-electron chi connectivity index (χ2n) is 5.03. The fraction of sp³-hybridized carbons (Fsp3) is 0.400. The monoisotopic (exact) mass is 289 g/mol. The summed E-state index contributed by atoms with van der Waals surface area (Å²) in [6.45, 7) is 0.690. The highest BCUT2D eigenvalue weighted by atomic mass is 16.2. The zero-order valence-electron chi connectivity index (χ0n) is 11.8. The summed E-state index contributed by atoms with van der Waals surface area (Å²) >= 11 is 0. The van der Waals surface area contributed by atoms with Crippen LogP contribution < -0.4 is 11.1 Å². The molecule has 0 unspecified atom stereocenters. The van der Waals surface area contributed by atoms with Crippen LogP contribution in [0.15, 0.2) is 24.3 Å². The predicted octanol–water partition coefficient (Wildman–Crippen LogP) is 0.467. The number of hydrogen-bond acceptors (Lipinski definition) is 4. The average molecular weight is 289 g/mol. The Morgan fingerprint density at radius 1 is 1.14 bits per heavy atom. The molecule has 1 heterocycles. The highest BCUT2D eigenvalue weighted by molar-refractivity contribution is 6.02. The molecular weight excluding hydrogens is 270 g/mol. The van der Waals surface area contributed by atoms with Crippen LogP contribution in [0.5, 0.6) is 0 Å². The van der Waals surface area contributed by atoms with Crippen LogP contribution in [-0.2, 0) is 20.8 Å². The molecule has 0 aromatic heterocycles. The van der Waals surface area contributed by atoms with Gasteiger partial charge in [-0.25, -0.2) is 0 Å². The maximum Gasteiger partial charge on any atom is 0.229 e. The van der Waals surface area contributed by atoms with Gasteiger partial charge in [0.1, 0.15) is 0 Å². The Morgan fingerprint density at radius 2 is 1.76 bits per heavy atom. The molecule has 0 saturated carbocycles. The summed E-state index contributed by atoms with van der Waals surface area (Å²) in [5, 5.41) is 2.78. The van der Waals surface area contributed by atoms with E-state index in [1.165, 1.54) is 4.90 Å². The van der Waals surface area contributed by atoms with E-state index in [0.717, 1.165) is 5.56 Å². The van der Waals surface area contributed by atoms with Gasteiger partial charge in [0.05, 0.1) is 0 Å². The molecule has 0 aliphatic carbocycles. The molecule has 1 aliphatic rings. The van der Waals surface area contributed by atoms with Crippen LogP contribution >= 0.6 is 0 Å². The number of nitrogens with one attached hydrogen (secondary N) is 1. The first-order valence-corrected chi connectivity index (χ1v) is 7.00. The van der Waals surface area contributed by atoms with E-state index < -0.39 is 0 Å². The number of benzene rings is 1. The van der Waals surface area contributed by atoms with Crippen molar-refractivity contribution in [3.63, 3.8) is 0 Å². The molecule has 1 saturated heterocycles. The molecule has 0 bridgehead atoms. The van der Waals surface area contributed by atoms with E-state index in [1.807, 2.05) is 24.3 Å². The fourth-order valence-electron chi connectivity index (χ4n) is 2.20. The minimum atomic E-state index is -0.185. The second kappa shape index (κ2) is 6.88. The lowest BCUT2D eigenvalue weighted by atomic mass is 10.1. The third-order valence-corrected chi connectivity index (χ3v) is 3.43. The SMILES string of the molecule is Nc1ccc(CCNC(=O)CCN2C(=O)CCC2=O)cc1. The van der Waals surface area contributed by atoms with E-state index in [-0.39, 0.29) is 43.5 Å². The van der Waals surface area contributed by atoms with Gasteiger partial charge in [-0.15, -0.1) is 0 Å². The van der Waals surface area contributed by atoms with Crippen molar-refractivity contribution >= 4 is 23.4 Å². The zero-order valence-corrected chi connectivity index (χ0v) is 11.8. The summed E-state index contributed by atoms with van der Waals surface area (Å²) in [5.41, 5.74) is 7.40. The third-order valence-electron chi connectivity index (χ3n) is 3.43. The van der Waals surface area contributed by atoms with Gasteiger partial charge < -0.3 is 11.1 Å². The molecule has 1 aliphatic heterocycles. The first-order chi connectivity index (χ1) is 10.1. The molecular formula is C15H19N3O3. The second-order valence-corrected chi connectivity index (χ2v) is 5.03. The Kier molecular flexibility index (Phi) is 4.92. The third kappa shape index (κ3) is 4.30. The number of hydrogen-bond donors (Lipinski definition) is 2. The number of likely N-dealkylation sites (tertiary alicyclic amines) is 1. The van der Waals surface area contributed by atoms with Gasteiger partial charge in [-0.3, -0.25) is 19.3 Å². The maximum atomic E-state index is 11.7. The molecule has 1 aromatic carbocycles. The molecule has 1 fully saturated rings. The number of imide groups is 1. The summed E-state index contributed by atoms with van der Waals surface area (Å²) in [6.07, 6.45) is 1.39. The van der Waals surface area contributed by atoms with Gasteiger partial charge in [0.2, 0.25) is 17.7 Å². The average Bonchev–Trinajstić information content (AvgIpc) is 2.78. The summed E-state index contributed by atoms with van der Waals surface area (Å²) in [7, 11) is 0. The van der Waals surface area contributed by atoms with Crippen LogP contribution in [0, 0.1) is 0 Å². The van der Waals surface area contributed by atoms with Crippen molar-refractivity contribution < 1.29 is 14.4 Å². The number of rotatable bonds is 6. The highest BCUT2D eigenvalue weighted by Gasteiger charge is 2.28. The molecule has 6 heteroatoms. The summed E-state index contributed by atoms with van der Waals surface area (Å²) in [6, 6.07) is 7.48. The number of nitrogens with zero attached hydrogens (tertiary/aromatic N) is 1. The quantitative estimate of drug-likeness (QED) is 0.588. The van der Waals surface area contributed by atoms with E-state index in [1.54, 1.807) is 0 Å². The molecule has 3 N–H and O–H groups in total. The Bertz CT molecular complexity index is 524. The van der Waals surface area contributed by atoms with Gasteiger partial charge in [-0.2, -0.15) is 0 Å². The van der Waals surface area contributed by atoms with Gasteiger partial charge in [0.15, 0.2) is 0 Å². The van der Waals surface area contributed by atoms with Gasteiger partial charge in [-0.05, 0) is 24.1 Å². The Morgan fingerprint density at radius 3 is 2.38 bits per heavy atom. The Hall–Kier alpha value is -2.37. The summed E-state index contributed by atoms with van der Waals surface area (Å²) in [4.78, 5) is 35.6.